The minimum absolute atomic E-state index is 0.248. The van der Waals surface area contributed by atoms with Crippen molar-refractivity contribution < 1.29 is 9.90 Å². The topological polar surface area (TPSA) is 49.3 Å². The van der Waals surface area contributed by atoms with E-state index in [1.165, 1.54) is 0 Å². The van der Waals surface area contributed by atoms with Gasteiger partial charge in [-0.05, 0) is 123 Å². The third-order valence-corrected chi connectivity index (χ3v) is 8.11. The maximum Gasteiger partial charge on any atom is 0.404 e. The zero-order valence-electron chi connectivity index (χ0n) is 11.6. The Bertz CT molecular complexity index is 377. The first-order chi connectivity index (χ1) is 9.96. The van der Waals surface area contributed by atoms with Gasteiger partial charge >= 0.3 is 6.09 Å². The second kappa shape index (κ2) is 9.42. The maximum absolute atomic E-state index is 10.7. The van der Waals surface area contributed by atoms with E-state index in [1.54, 1.807) is 0 Å². The quantitative estimate of drug-likeness (QED) is 0.391. The molecule has 3 atom stereocenters. The minimum Gasteiger partial charge on any atom is -0.465 e. The molecular formula is C11H19Cl6NO2S2. The molecule has 1 aliphatic carbocycles. The SMILES string of the molecule is O=C(O)NCC1CC(CCS(Cl)(Cl)Cl)CC1CCS(Cl)(Cl)Cl. The van der Waals surface area contributed by atoms with Gasteiger partial charge in [-0.3, -0.25) is 0 Å². The first-order valence-corrected chi connectivity index (χ1v) is 15.3. The fourth-order valence-corrected chi connectivity index (χ4v) is 5.75. The van der Waals surface area contributed by atoms with Gasteiger partial charge in [0.1, 0.15) is 0 Å². The van der Waals surface area contributed by atoms with Crippen LogP contribution < -0.4 is 5.32 Å². The van der Waals surface area contributed by atoms with Crippen LogP contribution in [0.3, 0.4) is 0 Å². The van der Waals surface area contributed by atoms with Crippen molar-refractivity contribution in [2.24, 2.45) is 17.8 Å². The molecule has 1 aliphatic rings. The molecule has 0 radical (unpaired) electrons. The lowest BCUT2D eigenvalue weighted by Gasteiger charge is -2.22. The number of rotatable bonds is 8. The summed E-state index contributed by atoms with van der Waals surface area (Å²) in [5, 5.41) is 11.2. The molecule has 2 N–H and O–H groups in total. The molecule has 3 unspecified atom stereocenters. The van der Waals surface area contributed by atoms with Crippen LogP contribution in [0, 0.1) is 17.8 Å². The van der Waals surface area contributed by atoms with Gasteiger partial charge < -0.3 is 10.4 Å². The zero-order valence-corrected chi connectivity index (χ0v) is 17.8. The Balaban J connectivity index is 2.54. The number of hydrogen-bond donors (Lipinski definition) is 2. The molecule has 0 saturated heterocycles. The third kappa shape index (κ3) is 9.87. The molecule has 1 rings (SSSR count). The van der Waals surface area contributed by atoms with Crippen molar-refractivity contribution in [1.82, 2.24) is 5.32 Å². The van der Waals surface area contributed by atoms with Crippen LogP contribution in [0.15, 0.2) is 0 Å². The summed E-state index contributed by atoms with van der Waals surface area (Å²) in [6.45, 7) is 0.423. The van der Waals surface area contributed by atoms with Crippen LogP contribution in [0.5, 0.6) is 0 Å². The molecule has 0 aliphatic heterocycles. The first kappa shape index (κ1) is 21.8. The van der Waals surface area contributed by atoms with Crippen LogP contribution >= 0.6 is 79.4 Å². The van der Waals surface area contributed by atoms with Gasteiger partial charge in [-0.15, -0.1) is 0 Å². The highest BCUT2D eigenvalue weighted by atomic mass is 36.2. The number of hydrogen-bond acceptors (Lipinski definition) is 1. The fourth-order valence-electron chi connectivity index (χ4n) is 2.98. The van der Waals surface area contributed by atoms with Gasteiger partial charge in [-0.2, -0.15) is 0 Å². The van der Waals surface area contributed by atoms with Crippen molar-refractivity contribution in [2.75, 3.05) is 18.1 Å². The number of halogens is 6. The van der Waals surface area contributed by atoms with Gasteiger partial charge in [0, 0.05) is 18.1 Å². The Morgan fingerprint density at radius 1 is 0.955 bits per heavy atom. The summed E-state index contributed by atoms with van der Waals surface area (Å²) in [5.41, 5.74) is 0. The molecule has 1 saturated carbocycles. The molecular weight excluding hydrogens is 455 g/mol. The lowest BCUT2D eigenvalue weighted by molar-refractivity contribution is 0.190. The average Bonchev–Trinajstić information content (AvgIpc) is 2.72. The Morgan fingerprint density at radius 3 is 1.95 bits per heavy atom. The van der Waals surface area contributed by atoms with Crippen molar-refractivity contribution in [3.8, 4) is 0 Å². The predicted octanol–water partition coefficient (Wildman–Crippen LogP) is 7.21. The number of carbonyl (C=O) groups is 1. The van der Waals surface area contributed by atoms with E-state index in [0.717, 1.165) is 25.7 Å². The lowest BCUT2D eigenvalue weighted by Crippen LogP contribution is -2.29. The number of amides is 1. The average molecular weight is 474 g/mol. The van der Waals surface area contributed by atoms with E-state index in [9.17, 15) is 4.79 Å². The third-order valence-electron chi connectivity index (χ3n) is 3.93. The molecule has 0 heterocycles. The first-order valence-electron chi connectivity index (χ1n) is 6.73. The van der Waals surface area contributed by atoms with Crippen LogP contribution in [-0.2, 0) is 0 Å². The summed E-state index contributed by atoms with van der Waals surface area (Å²) in [6.07, 6.45) is 2.49. The largest absolute Gasteiger partial charge is 0.465 e. The van der Waals surface area contributed by atoms with E-state index in [-0.39, 0.29) is 5.92 Å². The van der Waals surface area contributed by atoms with E-state index < -0.39 is 21.4 Å². The molecule has 0 aromatic carbocycles. The van der Waals surface area contributed by atoms with E-state index >= 15 is 0 Å². The summed E-state index contributed by atoms with van der Waals surface area (Å²) >= 11 is 0. The van der Waals surface area contributed by atoms with E-state index in [4.69, 9.17) is 69.2 Å². The summed E-state index contributed by atoms with van der Waals surface area (Å²) in [5.74, 6) is 2.13. The van der Waals surface area contributed by atoms with E-state index in [0.29, 0.717) is 29.9 Å². The Morgan fingerprint density at radius 2 is 1.45 bits per heavy atom. The van der Waals surface area contributed by atoms with Crippen LogP contribution in [0.2, 0.25) is 0 Å². The highest BCUT2D eigenvalue weighted by Crippen LogP contribution is 2.65. The molecule has 0 aromatic heterocycles. The molecule has 0 bridgehead atoms. The van der Waals surface area contributed by atoms with Crippen LogP contribution in [0.25, 0.3) is 0 Å². The van der Waals surface area contributed by atoms with Crippen molar-refractivity contribution in [1.29, 1.82) is 0 Å². The standard InChI is InChI=1S/C11H19Cl6NO2S2/c12-21(13,14)3-1-8-5-9(2-4-22(15,16)17)10(6-8)7-18-11(19)20/h8-10,18H,1-7H2,(H,19,20). The van der Waals surface area contributed by atoms with Gasteiger partial charge in [-0.1, -0.05) is 0 Å². The summed E-state index contributed by atoms with van der Waals surface area (Å²) < 4.78 is 0. The Labute approximate surface area is 161 Å². The second-order valence-corrected chi connectivity index (χ2v) is 20.7. The van der Waals surface area contributed by atoms with Crippen molar-refractivity contribution in [2.45, 2.75) is 25.7 Å². The van der Waals surface area contributed by atoms with Gasteiger partial charge in [0.2, 0.25) is 0 Å². The molecule has 3 nitrogen and oxygen atoms in total. The molecule has 22 heavy (non-hydrogen) atoms. The van der Waals surface area contributed by atoms with Gasteiger partial charge in [0.15, 0.2) is 0 Å². The van der Waals surface area contributed by atoms with Crippen molar-refractivity contribution in [3.05, 3.63) is 0 Å². The monoisotopic (exact) mass is 471 g/mol. The summed E-state index contributed by atoms with van der Waals surface area (Å²) in [4.78, 5) is 10.7. The Kier molecular flexibility index (Phi) is 9.31. The molecule has 1 amide bonds. The van der Waals surface area contributed by atoms with Gasteiger partial charge in [0.25, 0.3) is 0 Å². The minimum atomic E-state index is -2.10. The smallest absolute Gasteiger partial charge is 0.404 e. The summed E-state index contributed by atoms with van der Waals surface area (Å²) in [6, 6.07) is 0. The normalized spacial score (nSPS) is 27.6. The lowest BCUT2D eigenvalue weighted by atomic mass is 9.94. The van der Waals surface area contributed by atoms with Gasteiger partial charge in [-0.25, -0.2) is 4.79 Å². The highest BCUT2D eigenvalue weighted by Gasteiger charge is 2.35. The Hall–Kier alpha value is 1.71. The fraction of sp³-hybridized carbons (Fsp3) is 0.909. The van der Waals surface area contributed by atoms with Crippen LogP contribution in [0.1, 0.15) is 25.7 Å². The van der Waals surface area contributed by atoms with E-state index in [1.807, 2.05) is 0 Å². The molecule has 1 fully saturated rings. The maximum atomic E-state index is 10.7. The molecule has 11 heteroatoms. The van der Waals surface area contributed by atoms with Crippen LogP contribution in [-0.4, -0.2) is 29.3 Å². The van der Waals surface area contributed by atoms with Gasteiger partial charge in [0.05, 0.1) is 0 Å². The number of nitrogens with one attached hydrogen (secondary N) is 1. The molecule has 134 valence electrons. The molecule has 0 spiro atoms. The summed E-state index contributed by atoms with van der Waals surface area (Å²) in [7, 11) is 31.2. The highest BCUT2D eigenvalue weighted by molar-refractivity contribution is 8.79. The van der Waals surface area contributed by atoms with Crippen LogP contribution in [0.4, 0.5) is 4.79 Å². The number of carboxylic acid groups (broad SMARTS) is 1. The predicted molar refractivity (Wildman–Crippen MR) is 105 cm³/mol. The second-order valence-electron chi connectivity index (χ2n) is 5.53. The van der Waals surface area contributed by atoms with Crippen molar-refractivity contribution >= 4 is 85.5 Å². The zero-order chi connectivity index (χ0) is 17.0. The molecule has 0 aromatic rings. The van der Waals surface area contributed by atoms with Crippen molar-refractivity contribution in [3.63, 3.8) is 0 Å². The van der Waals surface area contributed by atoms with E-state index in [2.05, 4.69) is 5.32 Å².